The summed E-state index contributed by atoms with van der Waals surface area (Å²) in [5.74, 6) is 0. The Balaban J connectivity index is 2.05. The summed E-state index contributed by atoms with van der Waals surface area (Å²) >= 11 is 0. The molecule has 0 saturated heterocycles. The number of benzene rings is 2. The third-order valence-corrected chi connectivity index (χ3v) is 5.88. The minimum Gasteiger partial charge on any atom is -0.296 e. The van der Waals surface area contributed by atoms with Gasteiger partial charge in [0.25, 0.3) is 0 Å². The van der Waals surface area contributed by atoms with Crippen LogP contribution in [0.1, 0.15) is 61.0 Å². The second kappa shape index (κ2) is 6.31. The Bertz CT molecular complexity index is 922. The van der Waals surface area contributed by atoms with Crippen molar-refractivity contribution in [2.75, 3.05) is 0 Å². The van der Waals surface area contributed by atoms with E-state index in [-0.39, 0.29) is 12.1 Å². The lowest BCUT2D eigenvalue weighted by atomic mass is 9.78. The molecule has 1 aliphatic heterocycles. The van der Waals surface area contributed by atoms with E-state index in [0.29, 0.717) is 0 Å². The van der Waals surface area contributed by atoms with Crippen molar-refractivity contribution >= 4 is 10.8 Å². The normalized spacial score (nSPS) is 23.0. The zero-order valence-electron chi connectivity index (χ0n) is 15.7. The standard InChI is InChI=1S/C24H27N/c1-5-15(2)23-20-16(3)11-13-18-14-12-17(4)21(22(18)20)24(25-23)19-9-7-6-8-10-19/h5,7,9-14,23-25H,6,8H2,1-4H3/b15-5+/t23-,24?/m0/s1. The summed E-state index contributed by atoms with van der Waals surface area (Å²) in [5.41, 5.74) is 8.51. The molecule has 2 aromatic rings. The van der Waals surface area contributed by atoms with Crippen molar-refractivity contribution in [1.29, 1.82) is 0 Å². The fourth-order valence-corrected chi connectivity index (χ4v) is 4.40. The summed E-state index contributed by atoms with van der Waals surface area (Å²) in [6, 6.07) is 9.67. The number of hydrogen-bond donors (Lipinski definition) is 1. The molecule has 128 valence electrons. The van der Waals surface area contributed by atoms with Gasteiger partial charge in [-0.3, -0.25) is 5.32 Å². The fraction of sp³-hybridized carbons (Fsp3) is 0.333. The number of allylic oxidation sites excluding steroid dienone is 3. The van der Waals surface area contributed by atoms with E-state index in [4.69, 9.17) is 0 Å². The third kappa shape index (κ3) is 2.58. The highest BCUT2D eigenvalue weighted by Gasteiger charge is 2.32. The molecular weight excluding hydrogens is 302 g/mol. The molecule has 4 rings (SSSR count). The highest BCUT2D eigenvalue weighted by atomic mass is 15.0. The first-order chi connectivity index (χ1) is 12.1. The lowest BCUT2D eigenvalue weighted by Crippen LogP contribution is -2.33. The molecule has 2 atom stereocenters. The second-order valence-electron chi connectivity index (χ2n) is 7.44. The van der Waals surface area contributed by atoms with Gasteiger partial charge < -0.3 is 0 Å². The molecule has 0 bridgehead atoms. The van der Waals surface area contributed by atoms with Crippen LogP contribution in [0, 0.1) is 13.8 Å². The fourth-order valence-electron chi connectivity index (χ4n) is 4.40. The van der Waals surface area contributed by atoms with Crippen molar-refractivity contribution in [1.82, 2.24) is 5.32 Å². The van der Waals surface area contributed by atoms with Crippen molar-refractivity contribution in [3.8, 4) is 0 Å². The maximum Gasteiger partial charge on any atom is 0.0589 e. The van der Waals surface area contributed by atoms with Crippen LogP contribution in [-0.2, 0) is 0 Å². The van der Waals surface area contributed by atoms with Crippen LogP contribution in [0.5, 0.6) is 0 Å². The zero-order chi connectivity index (χ0) is 17.6. The molecular formula is C24H27N. The number of rotatable bonds is 2. The minimum atomic E-state index is 0.273. The lowest BCUT2D eigenvalue weighted by molar-refractivity contribution is 0.518. The summed E-state index contributed by atoms with van der Waals surface area (Å²) in [7, 11) is 0. The molecule has 25 heavy (non-hydrogen) atoms. The number of nitrogens with one attached hydrogen (secondary N) is 1. The molecule has 0 spiro atoms. The van der Waals surface area contributed by atoms with Crippen molar-refractivity contribution in [2.45, 2.75) is 52.6 Å². The summed E-state index contributed by atoms with van der Waals surface area (Å²) in [4.78, 5) is 0. The van der Waals surface area contributed by atoms with Crippen LogP contribution < -0.4 is 5.32 Å². The van der Waals surface area contributed by atoms with Crippen LogP contribution in [0.25, 0.3) is 10.8 Å². The Morgan fingerprint density at radius 1 is 1.04 bits per heavy atom. The molecule has 1 unspecified atom stereocenters. The maximum absolute atomic E-state index is 3.98. The average Bonchev–Trinajstić information content (AvgIpc) is 2.65. The first-order valence-electron chi connectivity index (χ1n) is 9.40. The lowest BCUT2D eigenvalue weighted by Gasteiger charge is -2.37. The van der Waals surface area contributed by atoms with Crippen molar-refractivity contribution in [3.63, 3.8) is 0 Å². The van der Waals surface area contributed by atoms with Crippen molar-refractivity contribution in [3.05, 3.63) is 82.0 Å². The summed E-state index contributed by atoms with van der Waals surface area (Å²) in [6.07, 6.45) is 11.6. The van der Waals surface area contributed by atoms with Gasteiger partial charge in [-0.15, -0.1) is 0 Å². The van der Waals surface area contributed by atoms with Gasteiger partial charge in [0.15, 0.2) is 0 Å². The monoisotopic (exact) mass is 329 g/mol. The molecule has 2 aliphatic rings. The Labute approximate surface area is 151 Å². The molecule has 0 fully saturated rings. The van der Waals surface area contributed by atoms with Gasteiger partial charge in [-0.25, -0.2) is 0 Å². The summed E-state index contributed by atoms with van der Waals surface area (Å²) in [6.45, 7) is 8.90. The van der Waals surface area contributed by atoms with Crippen LogP contribution in [0.3, 0.4) is 0 Å². The number of hydrogen-bond acceptors (Lipinski definition) is 1. The van der Waals surface area contributed by atoms with Gasteiger partial charge in [0.1, 0.15) is 0 Å². The SMILES string of the molecule is C/C=C(\C)[C@@H]1NC(C2=CCCC=C2)c2c(C)ccc3ccc(C)c1c23. The number of aryl methyl sites for hydroxylation is 2. The Hall–Kier alpha value is -2.12. The molecule has 1 heterocycles. The van der Waals surface area contributed by atoms with Gasteiger partial charge in [0.05, 0.1) is 12.1 Å². The molecule has 0 amide bonds. The van der Waals surface area contributed by atoms with Gasteiger partial charge in [-0.1, -0.05) is 54.1 Å². The highest BCUT2D eigenvalue weighted by Crippen LogP contribution is 2.45. The second-order valence-corrected chi connectivity index (χ2v) is 7.44. The van der Waals surface area contributed by atoms with E-state index in [1.165, 1.54) is 44.2 Å². The summed E-state index contributed by atoms with van der Waals surface area (Å²) in [5, 5.41) is 6.81. The van der Waals surface area contributed by atoms with E-state index < -0.39 is 0 Å². The molecule has 0 aromatic heterocycles. The Kier molecular flexibility index (Phi) is 4.13. The topological polar surface area (TPSA) is 12.0 Å². The van der Waals surface area contributed by atoms with Gasteiger partial charge >= 0.3 is 0 Å². The zero-order valence-corrected chi connectivity index (χ0v) is 15.7. The van der Waals surface area contributed by atoms with E-state index in [1.807, 2.05) is 0 Å². The third-order valence-electron chi connectivity index (χ3n) is 5.88. The van der Waals surface area contributed by atoms with Crippen LogP contribution in [0.15, 0.2) is 59.7 Å². The van der Waals surface area contributed by atoms with Gasteiger partial charge in [-0.2, -0.15) is 0 Å². The first kappa shape index (κ1) is 16.4. The quantitative estimate of drug-likeness (QED) is 0.630. The first-order valence-corrected chi connectivity index (χ1v) is 9.40. The van der Waals surface area contributed by atoms with E-state index in [1.54, 1.807) is 0 Å². The average molecular weight is 329 g/mol. The Morgan fingerprint density at radius 3 is 2.40 bits per heavy atom. The molecule has 1 aliphatic carbocycles. The van der Waals surface area contributed by atoms with Crippen LogP contribution in [-0.4, -0.2) is 0 Å². The van der Waals surface area contributed by atoms with Crippen LogP contribution in [0.4, 0.5) is 0 Å². The highest BCUT2D eigenvalue weighted by molar-refractivity contribution is 5.93. The maximum atomic E-state index is 3.98. The molecule has 0 radical (unpaired) electrons. The van der Waals surface area contributed by atoms with Crippen molar-refractivity contribution < 1.29 is 0 Å². The van der Waals surface area contributed by atoms with E-state index in [2.05, 4.69) is 81.6 Å². The summed E-state index contributed by atoms with van der Waals surface area (Å²) < 4.78 is 0. The predicted octanol–water partition coefficient (Wildman–Crippen LogP) is 6.38. The predicted molar refractivity (Wildman–Crippen MR) is 108 cm³/mol. The Morgan fingerprint density at radius 2 is 1.76 bits per heavy atom. The minimum absolute atomic E-state index is 0.273. The van der Waals surface area contributed by atoms with Gasteiger partial charge in [0.2, 0.25) is 0 Å². The van der Waals surface area contributed by atoms with Gasteiger partial charge in [-0.05, 0) is 79.1 Å². The van der Waals surface area contributed by atoms with E-state index >= 15 is 0 Å². The van der Waals surface area contributed by atoms with E-state index in [9.17, 15) is 0 Å². The molecule has 2 aromatic carbocycles. The van der Waals surface area contributed by atoms with Gasteiger partial charge in [0, 0.05) is 0 Å². The van der Waals surface area contributed by atoms with Crippen LogP contribution in [0.2, 0.25) is 0 Å². The molecule has 1 N–H and O–H groups in total. The van der Waals surface area contributed by atoms with E-state index in [0.717, 1.165) is 12.8 Å². The molecule has 1 nitrogen and oxygen atoms in total. The molecule has 0 saturated carbocycles. The van der Waals surface area contributed by atoms with Crippen molar-refractivity contribution in [2.24, 2.45) is 0 Å². The molecule has 1 heteroatoms. The smallest absolute Gasteiger partial charge is 0.0589 e. The van der Waals surface area contributed by atoms with Crippen LogP contribution >= 0.6 is 0 Å². The largest absolute Gasteiger partial charge is 0.296 e.